The molecule has 1 aromatic carbocycles. The fourth-order valence-corrected chi connectivity index (χ4v) is 2.27. The Kier molecular flexibility index (Phi) is 6.29. The quantitative estimate of drug-likeness (QED) is 0.747. The van der Waals surface area contributed by atoms with Crippen LogP contribution in [-0.4, -0.2) is 19.1 Å². The van der Waals surface area contributed by atoms with Crippen molar-refractivity contribution in [2.45, 2.75) is 13.0 Å². The second kappa shape index (κ2) is 8.22. The summed E-state index contributed by atoms with van der Waals surface area (Å²) >= 11 is 9.31. The summed E-state index contributed by atoms with van der Waals surface area (Å²) in [6.45, 7) is 1.52. The van der Waals surface area contributed by atoms with Gasteiger partial charge in [-0.15, -0.1) is 0 Å². The first kappa shape index (κ1) is 16.1. The highest BCUT2D eigenvalue weighted by Gasteiger charge is 2.10. The van der Waals surface area contributed by atoms with E-state index in [1.807, 2.05) is 12.1 Å². The van der Waals surface area contributed by atoms with E-state index in [-0.39, 0.29) is 5.91 Å². The lowest BCUT2D eigenvalue weighted by molar-refractivity contribution is 0.0917. The third kappa shape index (κ3) is 5.19. The topological polar surface area (TPSA) is 51.5 Å². The zero-order chi connectivity index (χ0) is 15.1. The molecule has 0 aliphatic carbocycles. The molecular formula is C15H15BrClNO3. The molecule has 6 heteroatoms. The maximum absolute atomic E-state index is 12.0. The minimum Gasteiger partial charge on any atom is -0.467 e. The Morgan fingerprint density at radius 3 is 3.00 bits per heavy atom. The largest absolute Gasteiger partial charge is 0.467 e. The summed E-state index contributed by atoms with van der Waals surface area (Å²) in [4.78, 5) is 12.0. The molecule has 1 amide bonds. The van der Waals surface area contributed by atoms with Crippen molar-refractivity contribution in [3.05, 3.63) is 57.4 Å². The smallest absolute Gasteiger partial charge is 0.252 e. The molecule has 2 aromatic rings. The van der Waals surface area contributed by atoms with Gasteiger partial charge in [0.25, 0.3) is 5.91 Å². The van der Waals surface area contributed by atoms with Gasteiger partial charge in [0.1, 0.15) is 12.4 Å². The number of halogens is 2. The van der Waals surface area contributed by atoms with Gasteiger partial charge >= 0.3 is 0 Å². The van der Waals surface area contributed by atoms with Gasteiger partial charge in [-0.3, -0.25) is 4.79 Å². The van der Waals surface area contributed by atoms with Gasteiger partial charge in [0.2, 0.25) is 0 Å². The molecule has 0 saturated carbocycles. The molecule has 0 fully saturated rings. The van der Waals surface area contributed by atoms with Crippen LogP contribution in [0.25, 0.3) is 0 Å². The lowest BCUT2D eigenvalue weighted by Crippen LogP contribution is -2.25. The van der Waals surface area contributed by atoms with E-state index in [0.717, 1.165) is 16.7 Å². The summed E-state index contributed by atoms with van der Waals surface area (Å²) in [5, 5.41) is 3.25. The standard InChI is InChI=1S/C15H15BrClNO3/c16-11-4-5-14(17)13(9-11)15(19)18-6-2-7-20-10-12-3-1-8-21-12/h1,3-5,8-9H,2,6-7,10H2,(H,18,19). The minimum absolute atomic E-state index is 0.188. The van der Waals surface area contributed by atoms with E-state index in [4.69, 9.17) is 20.8 Å². The van der Waals surface area contributed by atoms with Gasteiger partial charge in [0, 0.05) is 17.6 Å². The highest BCUT2D eigenvalue weighted by Crippen LogP contribution is 2.20. The molecule has 4 nitrogen and oxygen atoms in total. The van der Waals surface area contributed by atoms with Gasteiger partial charge in [0.05, 0.1) is 16.8 Å². The number of furan rings is 1. The number of rotatable bonds is 7. The molecule has 0 aliphatic rings. The Bertz CT molecular complexity index is 587. The number of carbonyl (C=O) groups excluding carboxylic acids is 1. The van der Waals surface area contributed by atoms with E-state index < -0.39 is 0 Å². The lowest BCUT2D eigenvalue weighted by Gasteiger charge is -2.07. The first-order valence-electron chi connectivity index (χ1n) is 6.50. The van der Waals surface area contributed by atoms with Crippen LogP contribution in [0.2, 0.25) is 5.02 Å². The molecule has 1 N–H and O–H groups in total. The van der Waals surface area contributed by atoms with Crippen molar-refractivity contribution < 1.29 is 13.9 Å². The summed E-state index contributed by atoms with van der Waals surface area (Å²) in [6, 6.07) is 8.86. The van der Waals surface area contributed by atoms with Crippen molar-refractivity contribution in [2.24, 2.45) is 0 Å². The second-order valence-electron chi connectivity index (χ2n) is 4.37. The first-order valence-corrected chi connectivity index (χ1v) is 7.67. The Morgan fingerprint density at radius 1 is 1.38 bits per heavy atom. The molecule has 2 rings (SSSR count). The SMILES string of the molecule is O=C(NCCCOCc1ccco1)c1cc(Br)ccc1Cl. The number of hydrogen-bond donors (Lipinski definition) is 1. The number of ether oxygens (including phenoxy) is 1. The van der Waals surface area contributed by atoms with E-state index in [9.17, 15) is 4.79 Å². The first-order chi connectivity index (χ1) is 10.2. The molecule has 1 aromatic heterocycles. The zero-order valence-electron chi connectivity index (χ0n) is 11.3. The number of amides is 1. The molecule has 0 bridgehead atoms. The van der Waals surface area contributed by atoms with Crippen molar-refractivity contribution in [1.82, 2.24) is 5.32 Å². The average Bonchev–Trinajstić information content (AvgIpc) is 2.98. The highest BCUT2D eigenvalue weighted by atomic mass is 79.9. The van der Waals surface area contributed by atoms with Gasteiger partial charge in [-0.05, 0) is 36.8 Å². The number of nitrogens with one attached hydrogen (secondary N) is 1. The van der Waals surface area contributed by atoms with Crippen molar-refractivity contribution >= 4 is 33.4 Å². The van der Waals surface area contributed by atoms with Gasteiger partial charge < -0.3 is 14.5 Å². The van der Waals surface area contributed by atoms with Crippen molar-refractivity contribution in [3.63, 3.8) is 0 Å². The van der Waals surface area contributed by atoms with Crippen LogP contribution in [-0.2, 0) is 11.3 Å². The molecule has 0 aliphatic heterocycles. The van der Waals surface area contributed by atoms with E-state index in [2.05, 4.69) is 21.2 Å². The highest BCUT2D eigenvalue weighted by molar-refractivity contribution is 9.10. The van der Waals surface area contributed by atoms with Gasteiger partial charge in [-0.25, -0.2) is 0 Å². The summed E-state index contributed by atoms with van der Waals surface area (Å²) < 4.78 is 11.4. The lowest BCUT2D eigenvalue weighted by atomic mass is 10.2. The third-order valence-electron chi connectivity index (χ3n) is 2.75. The molecule has 0 spiro atoms. The van der Waals surface area contributed by atoms with Crippen molar-refractivity contribution in [2.75, 3.05) is 13.2 Å². The van der Waals surface area contributed by atoms with Crippen LogP contribution in [0.1, 0.15) is 22.5 Å². The van der Waals surface area contributed by atoms with Crippen molar-refractivity contribution in [1.29, 1.82) is 0 Å². The summed E-state index contributed by atoms with van der Waals surface area (Å²) in [7, 11) is 0. The molecule has 0 radical (unpaired) electrons. The maximum Gasteiger partial charge on any atom is 0.252 e. The Morgan fingerprint density at radius 2 is 2.24 bits per heavy atom. The van der Waals surface area contributed by atoms with Crippen LogP contribution in [0.3, 0.4) is 0 Å². The number of hydrogen-bond acceptors (Lipinski definition) is 3. The number of benzene rings is 1. The Balaban J connectivity index is 1.66. The molecule has 21 heavy (non-hydrogen) atoms. The predicted molar refractivity (Wildman–Crippen MR) is 84.5 cm³/mol. The van der Waals surface area contributed by atoms with Crippen LogP contribution in [0.4, 0.5) is 0 Å². The van der Waals surface area contributed by atoms with Gasteiger partial charge in [-0.2, -0.15) is 0 Å². The number of carbonyl (C=O) groups is 1. The Labute approximate surface area is 136 Å². The monoisotopic (exact) mass is 371 g/mol. The Hall–Kier alpha value is -1.30. The zero-order valence-corrected chi connectivity index (χ0v) is 13.6. The fourth-order valence-electron chi connectivity index (χ4n) is 1.71. The van der Waals surface area contributed by atoms with Crippen molar-refractivity contribution in [3.8, 4) is 0 Å². The molecule has 0 saturated heterocycles. The maximum atomic E-state index is 12.0. The van der Waals surface area contributed by atoms with E-state index in [0.29, 0.717) is 30.3 Å². The average molecular weight is 373 g/mol. The molecule has 0 atom stereocenters. The van der Waals surface area contributed by atoms with Crippen LogP contribution in [0.5, 0.6) is 0 Å². The van der Waals surface area contributed by atoms with E-state index in [1.165, 1.54) is 0 Å². The summed E-state index contributed by atoms with van der Waals surface area (Å²) in [5.74, 6) is 0.604. The summed E-state index contributed by atoms with van der Waals surface area (Å²) in [5.41, 5.74) is 0.461. The van der Waals surface area contributed by atoms with Crippen LogP contribution in [0.15, 0.2) is 45.5 Å². The van der Waals surface area contributed by atoms with Gasteiger partial charge in [-0.1, -0.05) is 27.5 Å². The summed E-state index contributed by atoms with van der Waals surface area (Å²) in [6.07, 6.45) is 2.33. The minimum atomic E-state index is -0.188. The fraction of sp³-hybridized carbons (Fsp3) is 0.267. The normalized spacial score (nSPS) is 10.6. The molecule has 112 valence electrons. The van der Waals surface area contributed by atoms with E-state index >= 15 is 0 Å². The predicted octanol–water partition coefficient (Wildman–Crippen LogP) is 4.03. The van der Waals surface area contributed by atoms with Gasteiger partial charge in [0.15, 0.2) is 0 Å². The molecular weight excluding hydrogens is 358 g/mol. The van der Waals surface area contributed by atoms with Crippen LogP contribution < -0.4 is 5.32 Å². The molecule has 0 unspecified atom stereocenters. The van der Waals surface area contributed by atoms with Crippen LogP contribution in [0, 0.1) is 0 Å². The van der Waals surface area contributed by atoms with E-state index in [1.54, 1.807) is 24.5 Å². The second-order valence-corrected chi connectivity index (χ2v) is 5.69. The van der Waals surface area contributed by atoms with Crippen LogP contribution >= 0.6 is 27.5 Å². The molecule has 1 heterocycles. The third-order valence-corrected chi connectivity index (χ3v) is 3.57.